The van der Waals surface area contributed by atoms with Gasteiger partial charge in [0.2, 0.25) is 0 Å². The van der Waals surface area contributed by atoms with Gasteiger partial charge in [-0.05, 0) is 57.0 Å². The third kappa shape index (κ3) is 2.94. The van der Waals surface area contributed by atoms with E-state index in [1.807, 2.05) is 23.0 Å². The van der Waals surface area contributed by atoms with Crippen LogP contribution < -0.4 is 0 Å². The summed E-state index contributed by atoms with van der Waals surface area (Å²) >= 11 is 0. The van der Waals surface area contributed by atoms with Crippen LogP contribution in [-0.4, -0.2) is 44.5 Å². The first kappa shape index (κ1) is 16.2. The molecule has 5 nitrogen and oxygen atoms in total. The molecule has 0 radical (unpaired) electrons. The van der Waals surface area contributed by atoms with Crippen molar-refractivity contribution < 1.29 is 9.41 Å². The van der Waals surface area contributed by atoms with Gasteiger partial charge in [0.15, 0.2) is 5.65 Å². The highest BCUT2D eigenvalue weighted by Gasteiger charge is 2.28. The molecule has 3 heterocycles. The normalized spacial score (nSPS) is 16.4. The fourth-order valence-electron chi connectivity index (χ4n) is 3.63. The van der Waals surface area contributed by atoms with Crippen molar-refractivity contribution in [2.45, 2.75) is 25.7 Å². The molecule has 0 atom stereocenters. The lowest BCUT2D eigenvalue weighted by atomic mass is 9.82. The number of aromatic nitrogens is 3. The minimum atomic E-state index is -0.440. The Bertz CT molecular complexity index is 890. The van der Waals surface area contributed by atoms with E-state index in [2.05, 4.69) is 14.5 Å². The second kappa shape index (κ2) is 6.57. The van der Waals surface area contributed by atoms with E-state index in [1.165, 1.54) is 6.07 Å². The zero-order chi connectivity index (χ0) is 17.4. The molecule has 3 aromatic rings. The van der Waals surface area contributed by atoms with Gasteiger partial charge in [0.1, 0.15) is 17.2 Å². The molecule has 1 aromatic carbocycles. The van der Waals surface area contributed by atoms with Crippen LogP contribution in [0.4, 0.5) is 4.39 Å². The Labute approximate surface area is 146 Å². The maximum atomic E-state index is 14.4. The summed E-state index contributed by atoms with van der Waals surface area (Å²) in [7, 11) is -0.440. The SMILES string of the molecule is CB(O)N1CCC(n2c(-c3ccccc3F)nc3cccnc32)CC1. The molecule has 7 heteroatoms. The van der Waals surface area contributed by atoms with Crippen molar-refractivity contribution in [3.63, 3.8) is 0 Å². The van der Waals surface area contributed by atoms with E-state index in [4.69, 9.17) is 0 Å². The van der Waals surface area contributed by atoms with Gasteiger partial charge in [-0.15, -0.1) is 0 Å². The molecule has 1 aliphatic rings. The molecule has 1 N–H and O–H groups in total. The molecule has 0 bridgehead atoms. The quantitative estimate of drug-likeness (QED) is 0.746. The molecule has 0 unspecified atom stereocenters. The van der Waals surface area contributed by atoms with Gasteiger partial charge < -0.3 is 14.4 Å². The first-order valence-corrected chi connectivity index (χ1v) is 8.65. The predicted molar refractivity (Wildman–Crippen MR) is 96.6 cm³/mol. The summed E-state index contributed by atoms with van der Waals surface area (Å²) in [6.07, 6.45) is 3.49. The number of halogens is 1. The number of benzene rings is 1. The summed E-state index contributed by atoms with van der Waals surface area (Å²) in [6.45, 7) is 3.39. The Morgan fingerprint density at radius 3 is 2.64 bits per heavy atom. The molecule has 1 aliphatic heterocycles. The van der Waals surface area contributed by atoms with Gasteiger partial charge in [-0.3, -0.25) is 0 Å². The van der Waals surface area contributed by atoms with E-state index in [1.54, 1.807) is 25.2 Å². The highest BCUT2D eigenvalue weighted by molar-refractivity contribution is 6.45. The maximum Gasteiger partial charge on any atom is 0.376 e. The van der Waals surface area contributed by atoms with Crippen molar-refractivity contribution in [1.82, 2.24) is 19.3 Å². The summed E-state index contributed by atoms with van der Waals surface area (Å²) in [5.74, 6) is 0.350. The Morgan fingerprint density at radius 2 is 1.92 bits per heavy atom. The smallest absolute Gasteiger partial charge is 0.376 e. The number of hydrogen-bond acceptors (Lipinski definition) is 4. The Morgan fingerprint density at radius 1 is 1.16 bits per heavy atom. The zero-order valence-corrected chi connectivity index (χ0v) is 14.1. The van der Waals surface area contributed by atoms with Crippen molar-refractivity contribution in [3.8, 4) is 11.4 Å². The van der Waals surface area contributed by atoms with Gasteiger partial charge in [-0.25, -0.2) is 14.4 Å². The van der Waals surface area contributed by atoms with Gasteiger partial charge in [0.25, 0.3) is 0 Å². The summed E-state index contributed by atoms with van der Waals surface area (Å²) in [5, 5.41) is 9.78. The average Bonchev–Trinajstić information content (AvgIpc) is 3.01. The number of piperidine rings is 1. The lowest BCUT2D eigenvalue weighted by Gasteiger charge is -2.34. The summed E-state index contributed by atoms with van der Waals surface area (Å²) < 4.78 is 16.5. The van der Waals surface area contributed by atoms with Crippen molar-refractivity contribution >= 4 is 18.2 Å². The third-order valence-electron chi connectivity index (χ3n) is 4.96. The molecule has 4 rings (SSSR count). The van der Waals surface area contributed by atoms with E-state index in [9.17, 15) is 9.41 Å². The molecule has 0 amide bonds. The van der Waals surface area contributed by atoms with Gasteiger partial charge in [-0.2, -0.15) is 0 Å². The number of pyridine rings is 1. The van der Waals surface area contributed by atoms with E-state index in [-0.39, 0.29) is 11.9 Å². The summed E-state index contributed by atoms with van der Waals surface area (Å²) in [6, 6.07) is 10.7. The van der Waals surface area contributed by atoms with Crippen LogP contribution in [0.2, 0.25) is 6.82 Å². The van der Waals surface area contributed by atoms with Gasteiger partial charge >= 0.3 is 7.05 Å². The van der Waals surface area contributed by atoms with Gasteiger partial charge in [-0.1, -0.05) is 12.1 Å². The fraction of sp³-hybridized carbons (Fsp3) is 0.333. The van der Waals surface area contributed by atoms with E-state index in [0.717, 1.165) is 37.1 Å². The highest BCUT2D eigenvalue weighted by Crippen LogP contribution is 2.33. The van der Waals surface area contributed by atoms with Crippen molar-refractivity contribution in [1.29, 1.82) is 0 Å². The molecule has 0 saturated carbocycles. The molecule has 2 aromatic heterocycles. The molecule has 25 heavy (non-hydrogen) atoms. The van der Waals surface area contributed by atoms with Crippen LogP contribution in [0.3, 0.4) is 0 Å². The minimum absolute atomic E-state index is 0.185. The van der Waals surface area contributed by atoms with E-state index >= 15 is 0 Å². The fourth-order valence-corrected chi connectivity index (χ4v) is 3.63. The summed E-state index contributed by atoms with van der Waals surface area (Å²) in [4.78, 5) is 11.2. The van der Waals surface area contributed by atoms with E-state index in [0.29, 0.717) is 11.4 Å². The average molecular weight is 338 g/mol. The molecule has 0 spiro atoms. The number of rotatable bonds is 3. The predicted octanol–water partition coefficient (Wildman–Crippen LogP) is 2.98. The molecule has 1 saturated heterocycles. The van der Waals surface area contributed by atoms with Crippen LogP contribution in [0.1, 0.15) is 18.9 Å². The van der Waals surface area contributed by atoms with Crippen LogP contribution >= 0.6 is 0 Å². The number of nitrogens with zero attached hydrogens (tertiary/aromatic N) is 4. The van der Waals surface area contributed by atoms with Crippen LogP contribution in [-0.2, 0) is 0 Å². The highest BCUT2D eigenvalue weighted by atomic mass is 19.1. The Hall–Kier alpha value is -2.25. The number of imidazole rings is 1. The topological polar surface area (TPSA) is 54.2 Å². The van der Waals surface area contributed by atoms with Crippen molar-refractivity contribution in [2.24, 2.45) is 0 Å². The Kier molecular flexibility index (Phi) is 4.27. The van der Waals surface area contributed by atoms with Crippen molar-refractivity contribution in [2.75, 3.05) is 13.1 Å². The minimum Gasteiger partial charge on any atom is -0.437 e. The molecule has 1 fully saturated rings. The first-order chi connectivity index (χ1) is 12.1. The van der Waals surface area contributed by atoms with Crippen LogP contribution in [0.15, 0.2) is 42.6 Å². The summed E-state index contributed by atoms with van der Waals surface area (Å²) in [5.41, 5.74) is 2.06. The van der Waals surface area contributed by atoms with Gasteiger partial charge in [0.05, 0.1) is 5.56 Å². The standard InChI is InChI=1S/C18H20BFN4O/c1-19(25)23-11-8-13(9-12-23)24-17(14-5-2-3-6-15(14)20)22-16-7-4-10-21-18(16)24/h2-7,10,13,25H,8-9,11-12H2,1H3. The van der Waals surface area contributed by atoms with Crippen LogP contribution in [0.25, 0.3) is 22.6 Å². The first-order valence-electron chi connectivity index (χ1n) is 8.65. The van der Waals surface area contributed by atoms with Gasteiger partial charge in [0, 0.05) is 12.2 Å². The zero-order valence-electron chi connectivity index (χ0n) is 14.1. The molecule has 0 aliphatic carbocycles. The lowest BCUT2D eigenvalue weighted by molar-refractivity contribution is 0.255. The monoisotopic (exact) mass is 338 g/mol. The molecular weight excluding hydrogens is 318 g/mol. The number of fused-ring (bicyclic) bond motifs is 1. The maximum absolute atomic E-state index is 14.4. The second-order valence-corrected chi connectivity index (χ2v) is 6.53. The van der Waals surface area contributed by atoms with E-state index < -0.39 is 7.05 Å². The van der Waals surface area contributed by atoms with Crippen LogP contribution in [0, 0.1) is 5.82 Å². The van der Waals surface area contributed by atoms with Crippen LogP contribution in [0.5, 0.6) is 0 Å². The van der Waals surface area contributed by atoms with Crippen molar-refractivity contribution in [3.05, 3.63) is 48.4 Å². The largest absolute Gasteiger partial charge is 0.437 e. The molecular formula is C18H20BFN4O. The lowest BCUT2D eigenvalue weighted by Crippen LogP contribution is -2.43. The third-order valence-corrected chi connectivity index (χ3v) is 4.96. The second-order valence-electron chi connectivity index (χ2n) is 6.53. The Balaban J connectivity index is 1.80. The number of hydrogen-bond donors (Lipinski definition) is 1. The molecule has 128 valence electrons.